The highest BCUT2D eigenvalue weighted by atomic mass is 35.5. The quantitative estimate of drug-likeness (QED) is 0.369. The van der Waals surface area contributed by atoms with Gasteiger partial charge in [0.1, 0.15) is 0 Å². The number of carbonyl (C=O) groups is 2. The fraction of sp³-hybridized carbons (Fsp3) is 0.115. The Morgan fingerprint density at radius 3 is 2.41 bits per heavy atom. The lowest BCUT2D eigenvalue weighted by molar-refractivity contribution is -0.118. The van der Waals surface area contributed by atoms with Crippen LogP contribution in [0.15, 0.2) is 72.8 Å². The number of aromatic nitrogens is 1. The average molecular weight is 476 g/mol. The Morgan fingerprint density at radius 1 is 0.912 bits per heavy atom. The first-order chi connectivity index (χ1) is 16.4. The number of amides is 2. The molecule has 0 saturated carbocycles. The van der Waals surface area contributed by atoms with Gasteiger partial charge in [-0.15, -0.1) is 0 Å². The Labute approximate surface area is 201 Å². The smallest absolute Gasteiger partial charge is 0.262 e. The third-order valence-corrected chi connectivity index (χ3v) is 5.28. The van der Waals surface area contributed by atoms with Crippen LogP contribution in [-0.2, 0) is 4.79 Å². The van der Waals surface area contributed by atoms with Gasteiger partial charge in [-0.1, -0.05) is 29.8 Å². The number of pyridine rings is 1. The maximum Gasteiger partial charge on any atom is 0.262 e. The number of para-hydroxylation sites is 2. The van der Waals surface area contributed by atoms with Crippen molar-refractivity contribution in [3.63, 3.8) is 0 Å². The SMILES string of the molecule is COc1ccccc1OCC(=O)Nc1cccc(NC(=O)c2cc3cc(Cl)ccc3nc2C)c1. The number of carbonyl (C=O) groups excluding carboxylic acids is 2. The summed E-state index contributed by atoms with van der Waals surface area (Å²) in [5, 5.41) is 6.96. The number of nitrogens with one attached hydrogen (secondary N) is 2. The molecule has 0 aliphatic carbocycles. The van der Waals surface area contributed by atoms with Crippen LogP contribution in [0.2, 0.25) is 5.02 Å². The van der Waals surface area contributed by atoms with Gasteiger partial charge in [0, 0.05) is 21.8 Å². The van der Waals surface area contributed by atoms with Crippen LogP contribution in [0, 0.1) is 6.92 Å². The third-order valence-electron chi connectivity index (χ3n) is 5.04. The van der Waals surface area contributed by atoms with E-state index in [1.54, 1.807) is 67.6 Å². The van der Waals surface area contributed by atoms with Crippen molar-refractivity contribution in [3.05, 3.63) is 89.1 Å². The highest BCUT2D eigenvalue weighted by Gasteiger charge is 2.13. The zero-order valence-corrected chi connectivity index (χ0v) is 19.3. The maximum absolute atomic E-state index is 12.9. The molecule has 0 saturated heterocycles. The van der Waals surface area contributed by atoms with E-state index in [2.05, 4.69) is 15.6 Å². The summed E-state index contributed by atoms with van der Waals surface area (Å²) in [6.07, 6.45) is 0. The minimum absolute atomic E-state index is 0.193. The first-order valence-electron chi connectivity index (χ1n) is 10.5. The number of halogens is 1. The predicted molar refractivity (Wildman–Crippen MR) is 133 cm³/mol. The molecule has 172 valence electrons. The summed E-state index contributed by atoms with van der Waals surface area (Å²) < 4.78 is 10.8. The van der Waals surface area contributed by atoms with Crippen LogP contribution in [-0.4, -0.2) is 30.5 Å². The van der Waals surface area contributed by atoms with Crippen molar-refractivity contribution < 1.29 is 19.1 Å². The molecule has 3 aromatic carbocycles. The predicted octanol–water partition coefficient (Wildman–Crippen LogP) is 5.48. The minimum atomic E-state index is -0.346. The van der Waals surface area contributed by atoms with Crippen molar-refractivity contribution in [2.45, 2.75) is 6.92 Å². The molecular formula is C26H22ClN3O4. The first-order valence-corrected chi connectivity index (χ1v) is 10.8. The molecule has 0 radical (unpaired) electrons. The van der Waals surface area contributed by atoms with Gasteiger partial charge in [0.05, 0.1) is 23.9 Å². The van der Waals surface area contributed by atoms with E-state index in [9.17, 15) is 9.59 Å². The summed E-state index contributed by atoms with van der Waals surface area (Å²) >= 11 is 6.07. The summed E-state index contributed by atoms with van der Waals surface area (Å²) in [6, 6.07) is 21.1. The number of ether oxygens (including phenoxy) is 2. The van der Waals surface area contributed by atoms with E-state index in [0.717, 1.165) is 10.9 Å². The zero-order valence-electron chi connectivity index (χ0n) is 18.6. The van der Waals surface area contributed by atoms with Gasteiger partial charge < -0.3 is 20.1 Å². The fourth-order valence-electron chi connectivity index (χ4n) is 3.43. The molecule has 0 fully saturated rings. The lowest BCUT2D eigenvalue weighted by atomic mass is 10.1. The summed E-state index contributed by atoms with van der Waals surface area (Å²) in [5.41, 5.74) is 2.85. The van der Waals surface area contributed by atoms with Crippen molar-refractivity contribution in [1.82, 2.24) is 4.98 Å². The number of methoxy groups -OCH3 is 1. The van der Waals surface area contributed by atoms with Crippen LogP contribution in [0.3, 0.4) is 0 Å². The Hall–Kier alpha value is -4.10. The molecule has 0 unspecified atom stereocenters. The second-order valence-corrected chi connectivity index (χ2v) is 7.92. The van der Waals surface area contributed by atoms with E-state index < -0.39 is 0 Å². The number of hydrogen-bond acceptors (Lipinski definition) is 5. The van der Waals surface area contributed by atoms with E-state index in [-0.39, 0.29) is 18.4 Å². The standard InChI is InChI=1S/C26H22ClN3O4/c1-16-21(13-17-12-18(27)10-11-22(17)28-16)26(32)30-20-7-5-6-19(14-20)29-25(31)15-34-24-9-4-3-8-23(24)33-2/h3-14H,15H2,1-2H3,(H,29,31)(H,30,32). The van der Waals surface area contributed by atoms with Crippen molar-refractivity contribution in [1.29, 1.82) is 0 Å². The average Bonchev–Trinajstić information content (AvgIpc) is 2.83. The van der Waals surface area contributed by atoms with Gasteiger partial charge >= 0.3 is 0 Å². The van der Waals surface area contributed by atoms with Crippen LogP contribution < -0.4 is 20.1 Å². The van der Waals surface area contributed by atoms with Gasteiger partial charge in [-0.3, -0.25) is 14.6 Å². The largest absolute Gasteiger partial charge is 0.493 e. The van der Waals surface area contributed by atoms with Gasteiger partial charge in [0.25, 0.3) is 11.8 Å². The normalized spacial score (nSPS) is 10.6. The molecule has 1 heterocycles. The second-order valence-electron chi connectivity index (χ2n) is 7.48. The molecule has 2 amide bonds. The summed E-state index contributed by atoms with van der Waals surface area (Å²) in [6.45, 7) is 1.59. The molecule has 2 N–H and O–H groups in total. The highest BCUT2D eigenvalue weighted by Crippen LogP contribution is 2.26. The molecule has 0 spiro atoms. The number of rotatable bonds is 7. The number of benzene rings is 3. The van der Waals surface area contributed by atoms with Gasteiger partial charge in [0.2, 0.25) is 0 Å². The van der Waals surface area contributed by atoms with Crippen LogP contribution in [0.1, 0.15) is 16.1 Å². The summed E-state index contributed by atoms with van der Waals surface area (Å²) in [4.78, 5) is 29.8. The van der Waals surface area contributed by atoms with Crippen LogP contribution in [0.25, 0.3) is 10.9 Å². The maximum atomic E-state index is 12.9. The van der Waals surface area contributed by atoms with Gasteiger partial charge in [0.15, 0.2) is 18.1 Å². The lowest BCUT2D eigenvalue weighted by Crippen LogP contribution is -2.20. The zero-order chi connectivity index (χ0) is 24.1. The van der Waals surface area contributed by atoms with Crippen LogP contribution >= 0.6 is 11.6 Å². The molecule has 8 heteroatoms. The van der Waals surface area contributed by atoms with Gasteiger partial charge in [-0.05, 0) is 61.5 Å². The number of aryl methyl sites for hydroxylation is 1. The van der Waals surface area contributed by atoms with Crippen molar-refractivity contribution >= 4 is 45.7 Å². The van der Waals surface area contributed by atoms with Crippen LogP contribution in [0.5, 0.6) is 11.5 Å². The Morgan fingerprint density at radius 2 is 1.65 bits per heavy atom. The Kier molecular flexibility index (Phi) is 6.94. The Bertz CT molecular complexity index is 1370. The molecule has 0 atom stereocenters. The molecule has 4 rings (SSSR count). The molecule has 7 nitrogen and oxygen atoms in total. The van der Waals surface area contributed by atoms with E-state index >= 15 is 0 Å². The van der Waals surface area contributed by atoms with Crippen LogP contribution in [0.4, 0.5) is 11.4 Å². The third kappa shape index (κ3) is 5.44. The number of fused-ring (bicyclic) bond motifs is 1. The molecule has 0 aliphatic heterocycles. The van der Waals surface area contributed by atoms with Crippen molar-refractivity contribution in [2.75, 3.05) is 24.4 Å². The van der Waals surface area contributed by atoms with E-state index in [4.69, 9.17) is 21.1 Å². The van der Waals surface area contributed by atoms with Crippen molar-refractivity contribution in [3.8, 4) is 11.5 Å². The highest BCUT2D eigenvalue weighted by molar-refractivity contribution is 6.31. The molecule has 0 bridgehead atoms. The topological polar surface area (TPSA) is 89.5 Å². The molecule has 0 aliphatic rings. The number of anilines is 2. The van der Waals surface area contributed by atoms with Gasteiger partial charge in [-0.25, -0.2) is 0 Å². The fourth-order valence-corrected chi connectivity index (χ4v) is 3.61. The lowest BCUT2D eigenvalue weighted by Gasteiger charge is -2.12. The molecule has 1 aromatic heterocycles. The van der Waals surface area contributed by atoms with Gasteiger partial charge in [-0.2, -0.15) is 0 Å². The molecular weight excluding hydrogens is 454 g/mol. The number of nitrogens with zero attached hydrogens (tertiary/aromatic N) is 1. The first kappa shape index (κ1) is 23.1. The molecule has 4 aromatic rings. The van der Waals surface area contributed by atoms with E-state index in [1.165, 1.54) is 7.11 Å². The second kappa shape index (κ2) is 10.2. The Balaban J connectivity index is 1.42. The molecule has 34 heavy (non-hydrogen) atoms. The van der Waals surface area contributed by atoms with Crippen molar-refractivity contribution in [2.24, 2.45) is 0 Å². The minimum Gasteiger partial charge on any atom is -0.493 e. The monoisotopic (exact) mass is 475 g/mol. The van der Waals surface area contributed by atoms with E-state index in [0.29, 0.717) is 39.2 Å². The number of hydrogen-bond donors (Lipinski definition) is 2. The van der Waals surface area contributed by atoms with E-state index in [1.807, 2.05) is 12.1 Å². The summed E-state index contributed by atoms with van der Waals surface area (Å²) in [7, 11) is 1.53. The summed E-state index contributed by atoms with van der Waals surface area (Å²) in [5.74, 6) is 0.360.